The minimum absolute atomic E-state index is 0.0182. The monoisotopic (exact) mass is 693 g/mol. The third kappa shape index (κ3) is 8.26. The lowest BCUT2D eigenvalue weighted by molar-refractivity contribution is -0.124. The van der Waals surface area contributed by atoms with Crippen LogP contribution >= 0.6 is 23.2 Å². The van der Waals surface area contributed by atoms with Gasteiger partial charge in [0.15, 0.2) is 0 Å². The van der Waals surface area contributed by atoms with Gasteiger partial charge in [0.2, 0.25) is 5.91 Å². The van der Waals surface area contributed by atoms with Crippen LogP contribution in [0.15, 0.2) is 54.7 Å². The quantitative estimate of drug-likeness (QED) is 0.194. The first-order valence-electron chi connectivity index (χ1n) is 16.1. The van der Waals surface area contributed by atoms with Crippen molar-refractivity contribution in [2.75, 3.05) is 51.7 Å². The van der Waals surface area contributed by atoms with E-state index in [9.17, 15) is 14.4 Å². The molecular formula is C35H41Cl2N7O4. The number of ketones is 1. The Bertz CT molecular complexity index is 1760. The fourth-order valence-electron chi connectivity index (χ4n) is 5.80. The zero-order valence-electron chi connectivity index (χ0n) is 27.5. The number of urea groups is 1. The number of imidazole rings is 1. The van der Waals surface area contributed by atoms with E-state index >= 15 is 0 Å². The summed E-state index contributed by atoms with van der Waals surface area (Å²) in [6.07, 6.45) is 3.08. The van der Waals surface area contributed by atoms with E-state index in [1.54, 1.807) is 37.3 Å². The summed E-state index contributed by atoms with van der Waals surface area (Å²) >= 11 is 13.4. The van der Waals surface area contributed by atoms with Gasteiger partial charge in [-0.15, -0.1) is 0 Å². The summed E-state index contributed by atoms with van der Waals surface area (Å²) < 4.78 is 8.41. The molecule has 0 spiro atoms. The molecule has 11 nitrogen and oxygen atoms in total. The number of ether oxygens (including phenoxy) is 1. The Morgan fingerprint density at radius 3 is 2.48 bits per heavy atom. The molecule has 5 rings (SSSR count). The van der Waals surface area contributed by atoms with E-state index in [-0.39, 0.29) is 37.2 Å². The van der Waals surface area contributed by atoms with E-state index in [0.717, 1.165) is 29.0 Å². The molecule has 3 amide bonds. The Kier molecular flexibility index (Phi) is 11.9. The number of carbonyl (C=O) groups is 3. The third-order valence-corrected chi connectivity index (χ3v) is 9.43. The smallest absolute Gasteiger partial charge is 0.317 e. The summed E-state index contributed by atoms with van der Waals surface area (Å²) in [5, 5.41) is 3.36. The summed E-state index contributed by atoms with van der Waals surface area (Å²) in [6, 6.07) is 15.0. The van der Waals surface area contributed by atoms with Gasteiger partial charge < -0.3 is 24.4 Å². The Labute approximate surface area is 290 Å². The number of aryl methyl sites for hydroxylation is 1. The van der Waals surface area contributed by atoms with Crippen LogP contribution in [0.25, 0.3) is 11.0 Å². The first kappa shape index (κ1) is 35.1. The molecule has 0 unspecified atom stereocenters. The molecule has 3 heterocycles. The topological polar surface area (TPSA) is 113 Å². The van der Waals surface area contributed by atoms with Crippen LogP contribution < -0.4 is 15.0 Å². The zero-order chi connectivity index (χ0) is 34.2. The number of amides is 3. The van der Waals surface area contributed by atoms with E-state index in [1.807, 2.05) is 36.4 Å². The molecule has 0 saturated carbocycles. The standard InChI is InChI=1S/C35H41Cl2N7O4/c1-4-31-40-34-29(44(31)22-24-8-5-6-16-39-24)9-7-10-30(34)48-23-26-27(36)12-13-28(33(26)37)41(3)32(46)14-11-25(45)15-17-42-18-20-43(21-19-42)35(47)38-2/h5-10,12-13,16H,4,11,14-15,17-23H2,1-3H3,(H,38,47). The second kappa shape index (κ2) is 16.3. The molecule has 1 N–H and O–H groups in total. The number of fused-ring (bicyclic) bond motifs is 1. The van der Waals surface area contributed by atoms with Gasteiger partial charge in [0.25, 0.3) is 0 Å². The number of nitrogens with zero attached hydrogens (tertiary/aromatic N) is 6. The van der Waals surface area contributed by atoms with Crippen LogP contribution in [0.4, 0.5) is 10.5 Å². The predicted molar refractivity (Wildman–Crippen MR) is 188 cm³/mol. The average Bonchev–Trinajstić information content (AvgIpc) is 3.47. The maximum atomic E-state index is 13.1. The van der Waals surface area contributed by atoms with E-state index in [0.29, 0.717) is 72.7 Å². The van der Waals surface area contributed by atoms with Crippen molar-refractivity contribution in [1.29, 1.82) is 0 Å². The van der Waals surface area contributed by atoms with Gasteiger partial charge >= 0.3 is 6.03 Å². The van der Waals surface area contributed by atoms with Crippen LogP contribution in [-0.2, 0) is 29.2 Å². The van der Waals surface area contributed by atoms with Gasteiger partial charge in [0, 0.05) is 89.3 Å². The maximum Gasteiger partial charge on any atom is 0.317 e. The molecule has 2 aromatic heterocycles. The predicted octanol–water partition coefficient (Wildman–Crippen LogP) is 5.59. The lowest BCUT2D eigenvalue weighted by Crippen LogP contribution is -2.51. The van der Waals surface area contributed by atoms with Crippen molar-refractivity contribution < 1.29 is 19.1 Å². The Hall–Kier alpha value is -4.19. The van der Waals surface area contributed by atoms with Crippen LogP contribution in [0.3, 0.4) is 0 Å². The first-order valence-corrected chi connectivity index (χ1v) is 16.9. The lowest BCUT2D eigenvalue weighted by atomic mass is 10.1. The molecule has 0 bridgehead atoms. The number of Topliss-reactive ketones (excluding diaryl/α,β-unsaturated/α-hetero) is 1. The number of halogens is 2. The van der Waals surface area contributed by atoms with Gasteiger partial charge in [0.05, 0.1) is 28.5 Å². The molecule has 254 valence electrons. The molecule has 2 aromatic carbocycles. The van der Waals surface area contributed by atoms with Crippen molar-refractivity contribution in [2.45, 2.75) is 45.8 Å². The van der Waals surface area contributed by atoms with Crippen LogP contribution in [0, 0.1) is 0 Å². The number of nitrogens with one attached hydrogen (secondary N) is 1. The highest BCUT2D eigenvalue weighted by Gasteiger charge is 2.23. The van der Waals surface area contributed by atoms with E-state index in [1.165, 1.54) is 4.90 Å². The van der Waals surface area contributed by atoms with E-state index in [2.05, 4.69) is 26.7 Å². The molecule has 13 heteroatoms. The number of aromatic nitrogens is 3. The highest BCUT2D eigenvalue weighted by atomic mass is 35.5. The van der Waals surface area contributed by atoms with Gasteiger partial charge in [-0.3, -0.25) is 19.5 Å². The Morgan fingerprint density at radius 1 is 0.979 bits per heavy atom. The van der Waals surface area contributed by atoms with Crippen LogP contribution in [-0.4, -0.2) is 88.9 Å². The molecule has 48 heavy (non-hydrogen) atoms. The highest BCUT2D eigenvalue weighted by molar-refractivity contribution is 6.38. The summed E-state index contributed by atoms with van der Waals surface area (Å²) in [7, 11) is 3.26. The van der Waals surface area contributed by atoms with Crippen LogP contribution in [0.2, 0.25) is 10.0 Å². The molecule has 1 saturated heterocycles. The van der Waals surface area contributed by atoms with Crippen LogP contribution in [0.5, 0.6) is 5.75 Å². The fraction of sp³-hybridized carbons (Fsp3) is 0.400. The number of hydrogen-bond donors (Lipinski definition) is 1. The number of pyridine rings is 1. The Morgan fingerprint density at radius 2 is 1.77 bits per heavy atom. The van der Waals surface area contributed by atoms with E-state index < -0.39 is 0 Å². The van der Waals surface area contributed by atoms with Crippen molar-refractivity contribution in [3.8, 4) is 5.75 Å². The third-order valence-electron chi connectivity index (χ3n) is 8.65. The first-order chi connectivity index (χ1) is 23.2. The zero-order valence-corrected chi connectivity index (χ0v) is 29.1. The highest BCUT2D eigenvalue weighted by Crippen LogP contribution is 2.36. The van der Waals surface area contributed by atoms with Gasteiger partial charge in [-0.2, -0.15) is 0 Å². The van der Waals surface area contributed by atoms with Crippen molar-refractivity contribution in [3.05, 3.63) is 81.9 Å². The summed E-state index contributed by atoms with van der Waals surface area (Å²) in [4.78, 5) is 52.3. The fourth-order valence-corrected chi connectivity index (χ4v) is 6.41. The number of para-hydroxylation sites is 1. The van der Waals surface area contributed by atoms with Crippen molar-refractivity contribution in [3.63, 3.8) is 0 Å². The van der Waals surface area contributed by atoms with Gasteiger partial charge in [-0.25, -0.2) is 9.78 Å². The minimum atomic E-state index is -0.228. The van der Waals surface area contributed by atoms with Crippen LogP contribution in [0.1, 0.15) is 43.3 Å². The maximum absolute atomic E-state index is 13.1. The molecule has 1 fully saturated rings. The molecular weight excluding hydrogens is 653 g/mol. The molecule has 0 atom stereocenters. The van der Waals surface area contributed by atoms with Crippen molar-refractivity contribution in [2.24, 2.45) is 0 Å². The molecule has 0 aliphatic carbocycles. The molecule has 1 aliphatic heterocycles. The molecule has 4 aromatic rings. The van der Waals surface area contributed by atoms with Crippen molar-refractivity contribution in [1.82, 2.24) is 29.7 Å². The number of carbonyl (C=O) groups excluding carboxylic acids is 3. The summed E-state index contributed by atoms with van der Waals surface area (Å²) in [6.45, 7) is 6.01. The number of rotatable bonds is 13. The number of hydrogen-bond acceptors (Lipinski definition) is 7. The van der Waals surface area contributed by atoms with Gasteiger partial charge in [0.1, 0.15) is 29.5 Å². The second-order valence-electron chi connectivity index (χ2n) is 11.7. The summed E-state index contributed by atoms with van der Waals surface area (Å²) in [5.74, 6) is 1.30. The molecule has 1 aliphatic rings. The normalized spacial score (nSPS) is 13.5. The number of piperazine rings is 1. The van der Waals surface area contributed by atoms with Crippen molar-refractivity contribution >= 4 is 57.6 Å². The number of benzene rings is 2. The van der Waals surface area contributed by atoms with E-state index in [4.69, 9.17) is 32.9 Å². The minimum Gasteiger partial charge on any atom is -0.486 e. The average molecular weight is 695 g/mol. The number of anilines is 1. The Balaban J connectivity index is 1.19. The second-order valence-corrected chi connectivity index (χ2v) is 12.5. The summed E-state index contributed by atoms with van der Waals surface area (Å²) in [5.41, 5.74) is 3.63. The molecule has 0 radical (unpaired) electrons. The largest absolute Gasteiger partial charge is 0.486 e. The van der Waals surface area contributed by atoms with Gasteiger partial charge in [-0.1, -0.05) is 42.3 Å². The lowest BCUT2D eigenvalue weighted by Gasteiger charge is -2.34. The SMILES string of the molecule is CCc1nc2c(OCc3c(Cl)ccc(N(C)C(=O)CCC(=O)CCN4CCN(C(=O)NC)CC4)c3Cl)cccc2n1Cc1ccccn1. The van der Waals surface area contributed by atoms with Gasteiger partial charge in [-0.05, 0) is 36.4 Å².